The monoisotopic (exact) mass is 381 g/mol. The second kappa shape index (κ2) is 6.41. The van der Waals surface area contributed by atoms with Crippen molar-refractivity contribution in [3.8, 4) is 0 Å². The number of primary amides is 1. The molecule has 3 rings (SSSR count). The molecule has 1 aliphatic rings. The normalized spacial score (nSPS) is 17.1. The topological polar surface area (TPSA) is 77.2 Å². The number of pyridine rings is 1. The number of aromatic nitrogens is 1. The Balaban J connectivity index is 1.81. The molecule has 2 aromatic rings. The first-order valence-corrected chi connectivity index (χ1v) is 8.17. The SMILES string of the molecule is NC(=O)C1(CNc2ccc3cc(Br)c(F)cc3n2)CCOCC1. The van der Waals surface area contributed by atoms with Crippen molar-refractivity contribution in [1.29, 1.82) is 0 Å². The van der Waals surface area contributed by atoms with Crippen LogP contribution in [0.1, 0.15) is 12.8 Å². The van der Waals surface area contributed by atoms with E-state index >= 15 is 0 Å². The van der Waals surface area contributed by atoms with E-state index in [2.05, 4.69) is 26.2 Å². The van der Waals surface area contributed by atoms with Crippen LogP contribution in [0.25, 0.3) is 10.9 Å². The van der Waals surface area contributed by atoms with Crippen LogP contribution in [0.4, 0.5) is 10.2 Å². The van der Waals surface area contributed by atoms with Crippen LogP contribution in [0.3, 0.4) is 0 Å². The zero-order valence-electron chi connectivity index (χ0n) is 12.4. The van der Waals surface area contributed by atoms with Gasteiger partial charge in [0.15, 0.2) is 0 Å². The number of ether oxygens (including phenoxy) is 1. The summed E-state index contributed by atoms with van der Waals surface area (Å²) in [5.74, 6) is -0.101. The molecule has 0 radical (unpaired) electrons. The van der Waals surface area contributed by atoms with Gasteiger partial charge in [0.2, 0.25) is 5.91 Å². The quantitative estimate of drug-likeness (QED) is 0.853. The fraction of sp³-hybridized carbons (Fsp3) is 0.375. The van der Waals surface area contributed by atoms with Gasteiger partial charge in [-0.2, -0.15) is 0 Å². The van der Waals surface area contributed by atoms with E-state index in [1.807, 2.05) is 6.07 Å². The zero-order valence-corrected chi connectivity index (χ0v) is 14.0. The summed E-state index contributed by atoms with van der Waals surface area (Å²) in [5, 5.41) is 3.99. The van der Waals surface area contributed by atoms with E-state index in [1.165, 1.54) is 6.07 Å². The molecule has 1 aliphatic heterocycles. The highest BCUT2D eigenvalue weighted by Gasteiger charge is 2.38. The molecule has 1 fully saturated rings. The lowest BCUT2D eigenvalue weighted by molar-refractivity contribution is -0.132. The molecule has 1 amide bonds. The van der Waals surface area contributed by atoms with Gasteiger partial charge in [-0.1, -0.05) is 0 Å². The number of nitrogens with two attached hydrogens (primary N) is 1. The molecule has 0 unspecified atom stereocenters. The van der Waals surface area contributed by atoms with Gasteiger partial charge in [-0.25, -0.2) is 9.37 Å². The molecule has 1 saturated heterocycles. The predicted molar refractivity (Wildman–Crippen MR) is 89.6 cm³/mol. The van der Waals surface area contributed by atoms with Crippen LogP contribution in [0.5, 0.6) is 0 Å². The van der Waals surface area contributed by atoms with Crippen molar-refractivity contribution in [3.63, 3.8) is 0 Å². The van der Waals surface area contributed by atoms with E-state index in [-0.39, 0.29) is 11.7 Å². The number of carbonyl (C=O) groups excluding carboxylic acids is 1. The maximum Gasteiger partial charge on any atom is 0.225 e. The number of nitrogens with zero attached hydrogens (tertiary/aromatic N) is 1. The number of rotatable bonds is 4. The lowest BCUT2D eigenvalue weighted by Crippen LogP contribution is -2.46. The highest BCUT2D eigenvalue weighted by atomic mass is 79.9. The van der Waals surface area contributed by atoms with Crippen LogP contribution >= 0.6 is 15.9 Å². The van der Waals surface area contributed by atoms with Gasteiger partial charge in [0.25, 0.3) is 0 Å². The highest BCUT2D eigenvalue weighted by molar-refractivity contribution is 9.10. The molecule has 1 aromatic heterocycles. The number of hydrogen-bond acceptors (Lipinski definition) is 4. The van der Waals surface area contributed by atoms with Gasteiger partial charge in [0.1, 0.15) is 11.6 Å². The van der Waals surface area contributed by atoms with Crippen LogP contribution in [-0.4, -0.2) is 30.6 Å². The standard InChI is InChI=1S/C16H17BrFN3O2/c17-11-7-10-1-2-14(21-13(10)8-12(11)18)20-9-16(15(19)22)3-5-23-6-4-16/h1-2,7-8H,3-6,9H2,(H2,19,22)(H,20,21). The van der Waals surface area contributed by atoms with E-state index in [0.717, 1.165) is 5.39 Å². The van der Waals surface area contributed by atoms with Gasteiger partial charge in [-0.05, 0) is 47.0 Å². The van der Waals surface area contributed by atoms with Crippen LogP contribution < -0.4 is 11.1 Å². The summed E-state index contributed by atoms with van der Waals surface area (Å²) in [6.07, 6.45) is 1.18. The average molecular weight is 382 g/mol. The van der Waals surface area contributed by atoms with Crippen LogP contribution in [0.15, 0.2) is 28.7 Å². The largest absolute Gasteiger partial charge is 0.381 e. The van der Waals surface area contributed by atoms with Crippen LogP contribution in [-0.2, 0) is 9.53 Å². The minimum Gasteiger partial charge on any atom is -0.381 e. The Hall–Kier alpha value is -1.73. The van der Waals surface area contributed by atoms with E-state index in [4.69, 9.17) is 10.5 Å². The number of nitrogens with one attached hydrogen (secondary N) is 1. The third kappa shape index (κ3) is 3.30. The molecule has 5 nitrogen and oxygen atoms in total. The predicted octanol–water partition coefficient (Wildman–Crippen LogP) is 2.83. The van der Waals surface area contributed by atoms with Crippen molar-refractivity contribution in [1.82, 2.24) is 4.98 Å². The van der Waals surface area contributed by atoms with E-state index < -0.39 is 5.41 Å². The van der Waals surface area contributed by atoms with E-state index in [0.29, 0.717) is 48.4 Å². The Kier molecular flexibility index (Phi) is 4.50. The van der Waals surface area contributed by atoms with Gasteiger partial charge >= 0.3 is 0 Å². The van der Waals surface area contributed by atoms with Crippen molar-refractivity contribution in [2.24, 2.45) is 11.1 Å². The molecule has 2 heterocycles. The van der Waals surface area contributed by atoms with Gasteiger partial charge in [0, 0.05) is 31.2 Å². The number of anilines is 1. The molecule has 0 saturated carbocycles. The van der Waals surface area contributed by atoms with Gasteiger partial charge < -0.3 is 15.8 Å². The van der Waals surface area contributed by atoms with Crippen molar-refractivity contribution in [3.05, 3.63) is 34.6 Å². The van der Waals surface area contributed by atoms with E-state index in [9.17, 15) is 9.18 Å². The summed E-state index contributed by atoms with van der Waals surface area (Å²) in [6, 6.07) is 6.73. The maximum atomic E-state index is 13.6. The molecule has 0 bridgehead atoms. The highest BCUT2D eigenvalue weighted by Crippen LogP contribution is 2.31. The second-order valence-electron chi connectivity index (χ2n) is 5.77. The Morgan fingerprint density at radius 3 is 2.83 bits per heavy atom. The Bertz CT molecular complexity index is 747. The summed E-state index contributed by atoms with van der Waals surface area (Å²) in [7, 11) is 0. The number of halogens is 2. The van der Waals surface area contributed by atoms with Crippen molar-refractivity contribution in [2.75, 3.05) is 25.1 Å². The van der Waals surface area contributed by atoms with Crippen LogP contribution in [0.2, 0.25) is 0 Å². The minimum absolute atomic E-state index is 0.330. The number of hydrogen-bond donors (Lipinski definition) is 2. The van der Waals surface area contributed by atoms with Gasteiger partial charge in [0.05, 0.1) is 15.4 Å². The fourth-order valence-electron chi connectivity index (χ4n) is 2.75. The molecule has 0 atom stereocenters. The van der Waals surface area contributed by atoms with Gasteiger partial charge in [-0.3, -0.25) is 4.79 Å². The Morgan fingerprint density at radius 2 is 2.13 bits per heavy atom. The van der Waals surface area contributed by atoms with Crippen molar-refractivity contribution < 1.29 is 13.9 Å². The summed E-state index contributed by atoms with van der Waals surface area (Å²) in [4.78, 5) is 16.2. The minimum atomic E-state index is -0.625. The van der Waals surface area contributed by atoms with Crippen LogP contribution in [0, 0.1) is 11.2 Å². The summed E-state index contributed by atoms with van der Waals surface area (Å²) >= 11 is 3.16. The molecule has 7 heteroatoms. The number of fused-ring (bicyclic) bond motifs is 1. The molecule has 23 heavy (non-hydrogen) atoms. The molecule has 1 aromatic carbocycles. The fourth-order valence-corrected chi connectivity index (χ4v) is 3.11. The smallest absolute Gasteiger partial charge is 0.225 e. The van der Waals surface area contributed by atoms with Crippen molar-refractivity contribution in [2.45, 2.75) is 12.8 Å². The zero-order chi connectivity index (χ0) is 16.4. The summed E-state index contributed by atoms with van der Waals surface area (Å²) in [6.45, 7) is 1.44. The molecule has 3 N–H and O–H groups in total. The first kappa shape index (κ1) is 16.1. The maximum absolute atomic E-state index is 13.6. The molecular formula is C16H17BrFN3O2. The van der Waals surface area contributed by atoms with E-state index in [1.54, 1.807) is 12.1 Å². The lowest BCUT2D eigenvalue weighted by Gasteiger charge is -2.34. The first-order valence-electron chi connectivity index (χ1n) is 7.37. The summed E-state index contributed by atoms with van der Waals surface area (Å²) in [5.41, 5.74) is 5.51. The number of amides is 1. The molecule has 122 valence electrons. The summed E-state index contributed by atoms with van der Waals surface area (Å²) < 4.78 is 19.4. The lowest BCUT2D eigenvalue weighted by atomic mass is 9.79. The third-order valence-corrected chi connectivity index (χ3v) is 4.92. The second-order valence-corrected chi connectivity index (χ2v) is 6.62. The van der Waals surface area contributed by atoms with Gasteiger partial charge in [-0.15, -0.1) is 0 Å². The third-order valence-electron chi connectivity index (χ3n) is 4.31. The molecular weight excluding hydrogens is 365 g/mol. The molecule has 0 aliphatic carbocycles. The first-order chi connectivity index (χ1) is 11.0. The average Bonchev–Trinajstić information content (AvgIpc) is 2.55. The number of carbonyl (C=O) groups is 1. The Labute approximate surface area is 141 Å². The van der Waals surface area contributed by atoms with Crippen molar-refractivity contribution >= 4 is 38.6 Å². The Morgan fingerprint density at radius 1 is 1.39 bits per heavy atom. The number of benzene rings is 1. The molecule has 0 spiro atoms.